The summed E-state index contributed by atoms with van der Waals surface area (Å²) in [5.41, 5.74) is 2.44. The highest BCUT2D eigenvalue weighted by Gasteiger charge is 2.08. The third-order valence-corrected chi connectivity index (χ3v) is 4.40. The zero-order chi connectivity index (χ0) is 17.4. The SMILES string of the molecule is CCNC(=NCCCn1cc(C)cn1)N(C)Cc1ccccc1Br. The molecule has 5 nitrogen and oxygen atoms in total. The van der Waals surface area contributed by atoms with Crippen molar-refractivity contribution in [2.45, 2.75) is 33.4 Å². The van der Waals surface area contributed by atoms with Gasteiger partial charge in [-0.05, 0) is 37.5 Å². The van der Waals surface area contributed by atoms with Crippen LogP contribution in [0.1, 0.15) is 24.5 Å². The van der Waals surface area contributed by atoms with Gasteiger partial charge in [0.25, 0.3) is 0 Å². The molecule has 2 rings (SSSR count). The highest BCUT2D eigenvalue weighted by molar-refractivity contribution is 9.10. The van der Waals surface area contributed by atoms with E-state index in [1.807, 2.05) is 16.9 Å². The minimum atomic E-state index is 0.779. The Hall–Kier alpha value is -1.82. The van der Waals surface area contributed by atoms with E-state index in [-0.39, 0.29) is 0 Å². The van der Waals surface area contributed by atoms with Crippen molar-refractivity contribution < 1.29 is 0 Å². The van der Waals surface area contributed by atoms with Gasteiger partial charge in [-0.1, -0.05) is 34.1 Å². The Kier molecular flexibility index (Phi) is 7.31. The Morgan fingerprint density at radius 3 is 2.83 bits per heavy atom. The molecule has 0 saturated carbocycles. The lowest BCUT2D eigenvalue weighted by Gasteiger charge is -2.22. The van der Waals surface area contributed by atoms with Crippen LogP contribution in [0.15, 0.2) is 46.1 Å². The molecular weight excluding hydrogens is 366 g/mol. The van der Waals surface area contributed by atoms with E-state index in [0.717, 1.165) is 43.0 Å². The van der Waals surface area contributed by atoms with E-state index in [9.17, 15) is 0 Å². The predicted molar refractivity (Wildman–Crippen MR) is 103 cm³/mol. The van der Waals surface area contributed by atoms with Crippen molar-refractivity contribution in [3.05, 3.63) is 52.3 Å². The normalized spacial score (nSPS) is 11.6. The summed E-state index contributed by atoms with van der Waals surface area (Å²) in [6, 6.07) is 8.29. The minimum Gasteiger partial charge on any atom is -0.357 e. The first-order valence-electron chi connectivity index (χ1n) is 8.32. The highest BCUT2D eigenvalue weighted by Crippen LogP contribution is 2.17. The number of aromatic nitrogens is 2. The number of nitrogens with zero attached hydrogens (tertiary/aromatic N) is 4. The Bertz CT molecular complexity index is 665. The Labute approximate surface area is 152 Å². The van der Waals surface area contributed by atoms with Gasteiger partial charge in [0.05, 0.1) is 6.20 Å². The Morgan fingerprint density at radius 1 is 1.38 bits per heavy atom. The molecule has 0 aliphatic rings. The minimum absolute atomic E-state index is 0.779. The zero-order valence-electron chi connectivity index (χ0n) is 14.7. The lowest BCUT2D eigenvalue weighted by Crippen LogP contribution is -2.38. The number of guanidine groups is 1. The van der Waals surface area contributed by atoms with Crippen LogP contribution in [0.25, 0.3) is 0 Å². The van der Waals surface area contributed by atoms with Crippen LogP contribution in [0, 0.1) is 6.92 Å². The number of aliphatic imine (C=N–C) groups is 1. The van der Waals surface area contributed by atoms with Crippen molar-refractivity contribution in [2.75, 3.05) is 20.1 Å². The average Bonchev–Trinajstić information content (AvgIpc) is 2.98. The van der Waals surface area contributed by atoms with Gasteiger partial charge < -0.3 is 10.2 Å². The van der Waals surface area contributed by atoms with Gasteiger partial charge in [-0.3, -0.25) is 9.67 Å². The Balaban J connectivity index is 1.90. The standard InChI is InChI=1S/C18H26BrN5/c1-4-20-18(21-10-7-11-24-13-15(2)12-22-24)23(3)14-16-8-5-6-9-17(16)19/h5-6,8-9,12-13H,4,7,10-11,14H2,1-3H3,(H,20,21). The first-order valence-corrected chi connectivity index (χ1v) is 9.11. The van der Waals surface area contributed by atoms with E-state index >= 15 is 0 Å². The van der Waals surface area contributed by atoms with Crippen molar-refractivity contribution in [2.24, 2.45) is 4.99 Å². The third-order valence-electron chi connectivity index (χ3n) is 3.63. The van der Waals surface area contributed by atoms with Gasteiger partial charge in [-0.15, -0.1) is 0 Å². The second-order valence-corrected chi connectivity index (χ2v) is 6.67. The molecule has 0 aliphatic carbocycles. The summed E-state index contributed by atoms with van der Waals surface area (Å²) in [4.78, 5) is 6.89. The average molecular weight is 392 g/mol. The number of hydrogen-bond acceptors (Lipinski definition) is 2. The molecule has 0 radical (unpaired) electrons. The summed E-state index contributed by atoms with van der Waals surface area (Å²) < 4.78 is 3.10. The van der Waals surface area contributed by atoms with E-state index in [4.69, 9.17) is 4.99 Å². The molecule has 0 saturated heterocycles. The number of aryl methyl sites for hydroxylation is 2. The fourth-order valence-electron chi connectivity index (χ4n) is 2.43. The maximum atomic E-state index is 4.74. The van der Waals surface area contributed by atoms with Crippen molar-refractivity contribution >= 4 is 21.9 Å². The maximum absolute atomic E-state index is 4.74. The number of rotatable bonds is 7. The molecule has 130 valence electrons. The Morgan fingerprint density at radius 2 is 2.17 bits per heavy atom. The van der Waals surface area contributed by atoms with Crippen LogP contribution >= 0.6 is 15.9 Å². The summed E-state index contributed by atoms with van der Waals surface area (Å²) in [5, 5.41) is 7.67. The van der Waals surface area contributed by atoms with Gasteiger partial charge >= 0.3 is 0 Å². The summed E-state index contributed by atoms with van der Waals surface area (Å²) in [7, 11) is 2.07. The topological polar surface area (TPSA) is 45.5 Å². The molecule has 24 heavy (non-hydrogen) atoms. The van der Waals surface area contributed by atoms with E-state index in [1.54, 1.807) is 0 Å². The molecule has 1 heterocycles. The van der Waals surface area contributed by atoms with Crippen LogP contribution in [0.3, 0.4) is 0 Å². The molecule has 2 aromatic rings. The van der Waals surface area contributed by atoms with Crippen molar-refractivity contribution in [3.63, 3.8) is 0 Å². The number of hydrogen-bond donors (Lipinski definition) is 1. The van der Waals surface area contributed by atoms with Gasteiger partial charge in [-0.25, -0.2) is 0 Å². The van der Waals surface area contributed by atoms with Gasteiger partial charge in [0.2, 0.25) is 0 Å². The number of nitrogens with one attached hydrogen (secondary N) is 1. The van der Waals surface area contributed by atoms with Crippen LogP contribution in [0.4, 0.5) is 0 Å². The molecule has 0 spiro atoms. The molecule has 0 amide bonds. The number of halogens is 1. The van der Waals surface area contributed by atoms with Gasteiger partial charge in [-0.2, -0.15) is 5.10 Å². The highest BCUT2D eigenvalue weighted by atomic mass is 79.9. The fraction of sp³-hybridized carbons (Fsp3) is 0.444. The molecule has 1 aromatic heterocycles. The van der Waals surface area contributed by atoms with Crippen LogP contribution < -0.4 is 5.32 Å². The monoisotopic (exact) mass is 391 g/mol. The molecule has 0 aliphatic heterocycles. The van der Waals surface area contributed by atoms with E-state index in [2.05, 4.69) is 76.5 Å². The van der Waals surface area contributed by atoms with Crippen LogP contribution in [0.2, 0.25) is 0 Å². The second-order valence-electron chi connectivity index (χ2n) is 5.82. The molecule has 1 N–H and O–H groups in total. The largest absolute Gasteiger partial charge is 0.357 e. The zero-order valence-corrected chi connectivity index (χ0v) is 16.3. The molecule has 1 aromatic carbocycles. The van der Waals surface area contributed by atoms with E-state index in [0.29, 0.717) is 0 Å². The van der Waals surface area contributed by atoms with E-state index < -0.39 is 0 Å². The molecule has 0 bridgehead atoms. The summed E-state index contributed by atoms with van der Waals surface area (Å²) in [5.74, 6) is 0.935. The smallest absolute Gasteiger partial charge is 0.193 e. The lowest BCUT2D eigenvalue weighted by atomic mass is 10.2. The first kappa shape index (κ1) is 18.5. The quantitative estimate of drug-likeness (QED) is 0.446. The fourth-order valence-corrected chi connectivity index (χ4v) is 2.84. The van der Waals surface area contributed by atoms with Crippen LogP contribution in [-0.4, -0.2) is 40.8 Å². The second kappa shape index (κ2) is 9.47. The molecular formula is C18H26BrN5. The van der Waals surface area contributed by atoms with Crippen molar-refractivity contribution in [1.29, 1.82) is 0 Å². The van der Waals surface area contributed by atoms with E-state index in [1.165, 1.54) is 11.1 Å². The molecule has 0 atom stereocenters. The summed E-state index contributed by atoms with van der Waals surface area (Å²) in [6.07, 6.45) is 4.92. The summed E-state index contributed by atoms with van der Waals surface area (Å²) >= 11 is 3.61. The molecule has 0 unspecified atom stereocenters. The molecule has 6 heteroatoms. The van der Waals surface area contributed by atoms with Gasteiger partial charge in [0.1, 0.15) is 0 Å². The number of benzene rings is 1. The first-order chi connectivity index (χ1) is 11.6. The van der Waals surface area contributed by atoms with Gasteiger partial charge in [0.15, 0.2) is 5.96 Å². The van der Waals surface area contributed by atoms with Crippen molar-refractivity contribution in [3.8, 4) is 0 Å². The lowest BCUT2D eigenvalue weighted by molar-refractivity contribution is 0.474. The third kappa shape index (κ3) is 5.67. The maximum Gasteiger partial charge on any atom is 0.193 e. The van der Waals surface area contributed by atoms with Crippen LogP contribution in [-0.2, 0) is 13.1 Å². The van der Waals surface area contributed by atoms with Crippen LogP contribution in [0.5, 0.6) is 0 Å². The predicted octanol–water partition coefficient (Wildman–Crippen LogP) is 3.44. The van der Waals surface area contributed by atoms with Crippen molar-refractivity contribution in [1.82, 2.24) is 20.0 Å². The summed E-state index contributed by atoms with van der Waals surface area (Å²) in [6.45, 7) is 7.49. The molecule has 0 fully saturated rings. The van der Waals surface area contributed by atoms with Gasteiger partial charge in [0, 0.05) is 43.9 Å².